The van der Waals surface area contributed by atoms with Crippen LogP contribution in [0.15, 0.2) is 0 Å². The van der Waals surface area contributed by atoms with E-state index >= 15 is 0 Å². The molecule has 0 aromatic rings. The Kier molecular flexibility index (Phi) is 7.94. The number of ether oxygens (including phenoxy) is 2. The Labute approximate surface area is 179 Å². The van der Waals surface area contributed by atoms with Gasteiger partial charge < -0.3 is 4.74 Å². The quantitative estimate of drug-likeness (QED) is 0.408. The lowest BCUT2D eigenvalue weighted by Crippen LogP contribution is -2.52. The average Bonchev–Trinajstić information content (AvgIpc) is 2.61. The maximum Gasteiger partial charge on any atom is 0.522 e. The molecule has 0 aromatic carbocycles. The van der Waals surface area contributed by atoms with E-state index in [1.807, 2.05) is 0 Å². The van der Waals surface area contributed by atoms with Gasteiger partial charge in [0.1, 0.15) is 36.8 Å². The Hall–Kier alpha value is -0.780. The summed E-state index contributed by atoms with van der Waals surface area (Å²) >= 11 is 0. The summed E-state index contributed by atoms with van der Waals surface area (Å²) in [6, 6.07) is 0. The Bertz CT molecular complexity index is 606. The molecule has 2 nitrogen and oxygen atoms in total. The topological polar surface area (TPSA) is 18.5 Å². The highest BCUT2D eigenvalue weighted by Gasteiger charge is 2.57. The molecule has 0 spiro atoms. The Morgan fingerprint density at radius 1 is 0.594 bits per heavy atom. The van der Waals surface area contributed by atoms with Crippen LogP contribution in [-0.4, -0.2) is 55.5 Å². The van der Waals surface area contributed by atoms with Crippen LogP contribution in [0.4, 0.5) is 43.9 Å². The monoisotopic (exact) mass is 488 g/mol. The molecular weight excluding hydrogens is 462 g/mol. The maximum atomic E-state index is 14.7. The van der Waals surface area contributed by atoms with Gasteiger partial charge in [0.15, 0.2) is 0 Å². The van der Waals surface area contributed by atoms with Crippen molar-refractivity contribution in [2.24, 2.45) is 17.8 Å². The van der Waals surface area contributed by atoms with E-state index in [1.165, 1.54) is 0 Å². The van der Waals surface area contributed by atoms with Crippen molar-refractivity contribution in [2.75, 3.05) is 0 Å². The molecular formula is C20H26F10O2. The van der Waals surface area contributed by atoms with Crippen molar-refractivity contribution in [1.29, 1.82) is 0 Å². The Morgan fingerprint density at radius 2 is 1.22 bits per heavy atom. The lowest BCUT2D eigenvalue weighted by molar-refractivity contribution is -0.359. The van der Waals surface area contributed by atoms with E-state index < -0.39 is 105 Å². The third kappa shape index (κ3) is 6.21. The highest BCUT2D eigenvalue weighted by Crippen LogP contribution is 2.49. The predicted molar refractivity (Wildman–Crippen MR) is 92.6 cm³/mol. The molecule has 0 saturated heterocycles. The van der Waals surface area contributed by atoms with Crippen LogP contribution in [0.1, 0.15) is 51.4 Å². The normalized spacial score (nSPS) is 44.4. The third-order valence-electron chi connectivity index (χ3n) is 6.86. The second-order valence-corrected chi connectivity index (χ2v) is 9.11. The van der Waals surface area contributed by atoms with Crippen molar-refractivity contribution in [3.8, 4) is 0 Å². The van der Waals surface area contributed by atoms with Gasteiger partial charge >= 0.3 is 12.5 Å². The SMILES string of the molecule is FC1CCC(C2CC(F)C(C(F)(F)OC3CCC(OC(F)(F)F)C(F)C3)C(F)C2)C(F)C1. The standard InChI is InChI=1S/C20H26F10O2/c21-10-1-3-12(13(22)7-10)9-5-15(24)18(16(25)6-9)19(26,27)31-11-2-4-17(14(23)8-11)32-20(28,29)30/h9-18H,1-8H2. The van der Waals surface area contributed by atoms with Crippen molar-refractivity contribution in [2.45, 2.75) is 107 Å². The maximum absolute atomic E-state index is 14.7. The van der Waals surface area contributed by atoms with E-state index in [1.54, 1.807) is 0 Å². The molecule has 32 heavy (non-hydrogen) atoms. The highest BCUT2D eigenvalue weighted by atomic mass is 19.4. The van der Waals surface area contributed by atoms with E-state index in [-0.39, 0.29) is 19.3 Å². The summed E-state index contributed by atoms with van der Waals surface area (Å²) < 4.78 is 145. The number of alkyl halides is 10. The van der Waals surface area contributed by atoms with Crippen LogP contribution in [0, 0.1) is 17.8 Å². The smallest absolute Gasteiger partial charge is 0.317 e. The largest absolute Gasteiger partial charge is 0.522 e. The first-order valence-electron chi connectivity index (χ1n) is 10.8. The van der Waals surface area contributed by atoms with Crippen molar-refractivity contribution < 1.29 is 53.4 Å². The van der Waals surface area contributed by atoms with Gasteiger partial charge in [0.2, 0.25) is 0 Å². The molecule has 3 aliphatic carbocycles. The predicted octanol–water partition coefficient (Wildman–Crippen LogP) is 6.57. The van der Waals surface area contributed by atoms with Gasteiger partial charge in [-0.15, -0.1) is 13.2 Å². The second-order valence-electron chi connectivity index (χ2n) is 9.11. The van der Waals surface area contributed by atoms with Crippen molar-refractivity contribution >= 4 is 0 Å². The minimum Gasteiger partial charge on any atom is -0.317 e. The number of rotatable bonds is 5. The molecule has 3 fully saturated rings. The minimum absolute atomic E-state index is 0.0450. The molecule has 8 atom stereocenters. The minimum atomic E-state index is -5.09. The zero-order valence-corrected chi connectivity index (χ0v) is 17.0. The van der Waals surface area contributed by atoms with Crippen LogP contribution >= 0.6 is 0 Å². The molecule has 0 N–H and O–H groups in total. The van der Waals surface area contributed by atoms with Gasteiger partial charge in [-0.2, -0.15) is 8.78 Å². The van der Waals surface area contributed by atoms with E-state index in [9.17, 15) is 43.9 Å². The Morgan fingerprint density at radius 3 is 1.75 bits per heavy atom. The van der Waals surface area contributed by atoms with Gasteiger partial charge in [0.25, 0.3) is 0 Å². The molecule has 3 saturated carbocycles. The van der Waals surface area contributed by atoms with Gasteiger partial charge in [-0.05, 0) is 50.4 Å². The van der Waals surface area contributed by atoms with Crippen molar-refractivity contribution in [3.63, 3.8) is 0 Å². The van der Waals surface area contributed by atoms with E-state index in [0.29, 0.717) is 0 Å². The molecule has 188 valence electrons. The molecule has 0 aliphatic heterocycles. The second kappa shape index (κ2) is 9.84. The van der Waals surface area contributed by atoms with Crippen LogP contribution in [0.3, 0.4) is 0 Å². The summed E-state index contributed by atoms with van der Waals surface area (Å²) in [6.45, 7) is 0. The van der Waals surface area contributed by atoms with Gasteiger partial charge in [-0.1, -0.05) is 0 Å². The fraction of sp³-hybridized carbons (Fsp3) is 1.00. The molecule has 3 aliphatic rings. The first-order valence-corrected chi connectivity index (χ1v) is 10.8. The van der Waals surface area contributed by atoms with Crippen LogP contribution in [0.5, 0.6) is 0 Å². The summed E-state index contributed by atoms with van der Waals surface area (Å²) in [5.74, 6) is -4.18. The third-order valence-corrected chi connectivity index (χ3v) is 6.86. The molecule has 3 rings (SSSR count). The zero-order valence-electron chi connectivity index (χ0n) is 17.0. The molecule has 0 bridgehead atoms. The van der Waals surface area contributed by atoms with Crippen LogP contribution < -0.4 is 0 Å². The molecule has 0 aromatic heterocycles. The molecule has 0 heterocycles. The summed E-state index contributed by atoms with van der Waals surface area (Å²) in [5, 5.41) is 0. The fourth-order valence-electron chi connectivity index (χ4n) is 5.35. The summed E-state index contributed by atoms with van der Waals surface area (Å²) in [5.41, 5.74) is 0. The summed E-state index contributed by atoms with van der Waals surface area (Å²) in [6.07, 6.45) is -25.9. The van der Waals surface area contributed by atoms with Crippen LogP contribution in [0.25, 0.3) is 0 Å². The molecule has 0 amide bonds. The van der Waals surface area contributed by atoms with E-state index in [4.69, 9.17) is 0 Å². The van der Waals surface area contributed by atoms with Crippen LogP contribution in [0.2, 0.25) is 0 Å². The van der Waals surface area contributed by atoms with Gasteiger partial charge in [-0.25, -0.2) is 22.0 Å². The van der Waals surface area contributed by atoms with E-state index in [2.05, 4.69) is 9.47 Å². The zero-order chi connectivity index (χ0) is 23.8. The number of hydrogen-bond donors (Lipinski definition) is 0. The lowest BCUT2D eigenvalue weighted by atomic mass is 9.68. The van der Waals surface area contributed by atoms with Crippen molar-refractivity contribution in [1.82, 2.24) is 0 Å². The number of hydrogen-bond acceptors (Lipinski definition) is 2. The Balaban J connectivity index is 1.58. The lowest BCUT2D eigenvalue weighted by Gasteiger charge is -2.43. The molecule has 12 heteroatoms. The van der Waals surface area contributed by atoms with Gasteiger partial charge in [0, 0.05) is 12.8 Å². The summed E-state index contributed by atoms with van der Waals surface area (Å²) in [4.78, 5) is 0. The highest BCUT2D eigenvalue weighted by molar-refractivity contribution is 4.96. The van der Waals surface area contributed by atoms with Gasteiger partial charge in [0.05, 0.1) is 12.2 Å². The average molecular weight is 488 g/mol. The summed E-state index contributed by atoms with van der Waals surface area (Å²) in [7, 11) is 0. The van der Waals surface area contributed by atoms with Crippen LogP contribution in [-0.2, 0) is 9.47 Å². The first-order chi connectivity index (χ1) is 14.8. The fourth-order valence-corrected chi connectivity index (χ4v) is 5.35. The van der Waals surface area contributed by atoms with E-state index in [0.717, 1.165) is 0 Å². The van der Waals surface area contributed by atoms with Gasteiger partial charge in [-0.3, -0.25) is 4.74 Å². The van der Waals surface area contributed by atoms with Crippen molar-refractivity contribution in [3.05, 3.63) is 0 Å². The molecule has 8 unspecified atom stereocenters. The molecule has 0 radical (unpaired) electrons. The number of halogens is 10. The first kappa shape index (κ1) is 25.8.